The molecule has 0 atom stereocenters. The minimum atomic E-state index is -0.140. The van der Waals surface area contributed by atoms with Crippen molar-refractivity contribution in [2.75, 3.05) is 19.0 Å². The fourth-order valence-electron chi connectivity index (χ4n) is 3.45. The maximum absolute atomic E-state index is 12.9. The van der Waals surface area contributed by atoms with Gasteiger partial charge in [-0.15, -0.1) is 0 Å². The number of para-hydroxylation sites is 1. The number of nitrogens with one attached hydrogen (secondary N) is 1. The van der Waals surface area contributed by atoms with Crippen molar-refractivity contribution in [3.8, 4) is 0 Å². The summed E-state index contributed by atoms with van der Waals surface area (Å²) in [7, 11) is 3.60. The van der Waals surface area contributed by atoms with Crippen LogP contribution in [-0.2, 0) is 18.3 Å². The van der Waals surface area contributed by atoms with Crippen molar-refractivity contribution >= 4 is 49.3 Å². The molecule has 0 spiro atoms. The zero-order valence-corrected chi connectivity index (χ0v) is 16.8. The van der Waals surface area contributed by atoms with Crippen LogP contribution in [0.4, 0.5) is 5.69 Å². The number of carbonyl (C=O) groups is 1. The van der Waals surface area contributed by atoms with E-state index in [2.05, 4.69) is 25.8 Å². The molecule has 27 heavy (non-hydrogen) atoms. The summed E-state index contributed by atoms with van der Waals surface area (Å²) >= 11 is 3.59. The summed E-state index contributed by atoms with van der Waals surface area (Å²) in [6, 6.07) is 15.9. The van der Waals surface area contributed by atoms with Crippen LogP contribution in [0, 0.1) is 0 Å². The van der Waals surface area contributed by atoms with E-state index in [1.807, 2.05) is 66.3 Å². The second-order valence-electron chi connectivity index (χ2n) is 6.47. The number of rotatable bonds is 5. The Kier molecular flexibility index (Phi) is 4.76. The Balaban J connectivity index is 1.63. The van der Waals surface area contributed by atoms with Gasteiger partial charge in [0, 0.05) is 54.4 Å². The number of nitrogens with zero attached hydrogens (tertiary/aromatic N) is 2. The number of hydrogen-bond acceptors (Lipinski definition) is 2. The van der Waals surface area contributed by atoms with Crippen LogP contribution in [0.5, 0.6) is 0 Å². The molecule has 0 bridgehead atoms. The number of amides is 1. The molecule has 1 N–H and O–H groups in total. The van der Waals surface area contributed by atoms with Gasteiger partial charge in [-0.05, 0) is 46.3 Å². The Bertz CT molecular complexity index is 1100. The molecule has 0 aliphatic heterocycles. The smallest absolute Gasteiger partial charge is 0.273 e. The lowest BCUT2D eigenvalue weighted by molar-refractivity contribution is 0.101. The molecule has 2 heterocycles. The van der Waals surface area contributed by atoms with Gasteiger partial charge in [0.2, 0.25) is 0 Å². The zero-order chi connectivity index (χ0) is 19.0. The third kappa shape index (κ3) is 3.15. The monoisotopic (exact) mass is 425 g/mol. The van der Waals surface area contributed by atoms with E-state index in [-0.39, 0.29) is 5.91 Å². The van der Waals surface area contributed by atoms with Crippen LogP contribution in [0.3, 0.4) is 0 Å². The van der Waals surface area contributed by atoms with E-state index < -0.39 is 0 Å². The summed E-state index contributed by atoms with van der Waals surface area (Å²) in [5.41, 5.74) is 3.51. The van der Waals surface area contributed by atoms with E-state index in [1.54, 1.807) is 7.11 Å². The number of aryl methyl sites for hydroxylation is 1. The van der Waals surface area contributed by atoms with E-state index in [0.29, 0.717) is 12.3 Å². The molecule has 1 amide bonds. The highest BCUT2D eigenvalue weighted by atomic mass is 79.9. The molecule has 4 aromatic rings. The van der Waals surface area contributed by atoms with Crippen molar-refractivity contribution in [2.24, 2.45) is 7.05 Å². The van der Waals surface area contributed by atoms with E-state index in [9.17, 15) is 4.79 Å². The van der Waals surface area contributed by atoms with E-state index in [0.717, 1.165) is 38.5 Å². The SMILES string of the molecule is COCCn1ccc2cc(NC(=O)c3c(Br)c4ccccc4n3C)ccc21. The first kappa shape index (κ1) is 17.8. The maximum Gasteiger partial charge on any atom is 0.273 e. The Hall–Kier alpha value is -2.57. The van der Waals surface area contributed by atoms with Gasteiger partial charge in [-0.25, -0.2) is 0 Å². The molecule has 0 aliphatic carbocycles. The van der Waals surface area contributed by atoms with Crippen LogP contribution < -0.4 is 5.32 Å². The molecule has 4 rings (SSSR count). The number of carbonyl (C=O) groups excluding carboxylic acids is 1. The molecule has 2 aromatic heterocycles. The van der Waals surface area contributed by atoms with Crippen molar-refractivity contribution in [1.82, 2.24) is 9.13 Å². The molecule has 0 fully saturated rings. The van der Waals surface area contributed by atoms with Gasteiger partial charge in [0.25, 0.3) is 5.91 Å². The van der Waals surface area contributed by atoms with E-state index in [4.69, 9.17) is 4.74 Å². The lowest BCUT2D eigenvalue weighted by Gasteiger charge is -2.09. The Morgan fingerprint density at radius 2 is 1.96 bits per heavy atom. The Morgan fingerprint density at radius 3 is 2.74 bits per heavy atom. The maximum atomic E-state index is 12.9. The minimum absolute atomic E-state index is 0.140. The number of methoxy groups -OCH3 is 1. The van der Waals surface area contributed by atoms with Crippen LogP contribution in [-0.4, -0.2) is 28.8 Å². The summed E-state index contributed by atoms with van der Waals surface area (Å²) in [5, 5.41) is 5.13. The van der Waals surface area contributed by atoms with Gasteiger partial charge in [0.15, 0.2) is 0 Å². The molecule has 0 aliphatic rings. The number of benzene rings is 2. The summed E-state index contributed by atoms with van der Waals surface area (Å²) in [4.78, 5) is 12.9. The van der Waals surface area contributed by atoms with Crippen LogP contribution in [0.25, 0.3) is 21.8 Å². The third-order valence-corrected chi connectivity index (χ3v) is 5.63. The quantitative estimate of drug-likeness (QED) is 0.499. The van der Waals surface area contributed by atoms with Gasteiger partial charge in [-0.1, -0.05) is 18.2 Å². The van der Waals surface area contributed by atoms with Crippen LogP contribution in [0.1, 0.15) is 10.5 Å². The summed E-state index contributed by atoms with van der Waals surface area (Å²) in [6.07, 6.45) is 2.04. The minimum Gasteiger partial charge on any atom is -0.383 e. The normalized spacial score (nSPS) is 11.4. The Morgan fingerprint density at radius 1 is 1.15 bits per heavy atom. The van der Waals surface area contributed by atoms with E-state index in [1.165, 1.54) is 0 Å². The second-order valence-corrected chi connectivity index (χ2v) is 7.26. The topological polar surface area (TPSA) is 48.2 Å². The molecule has 6 heteroatoms. The highest BCUT2D eigenvalue weighted by Gasteiger charge is 2.19. The first-order valence-electron chi connectivity index (χ1n) is 8.72. The molecule has 0 unspecified atom stereocenters. The zero-order valence-electron chi connectivity index (χ0n) is 15.2. The summed E-state index contributed by atoms with van der Waals surface area (Å²) in [5.74, 6) is -0.140. The molecule has 0 saturated carbocycles. The Labute approximate surface area is 165 Å². The molecule has 5 nitrogen and oxygen atoms in total. The van der Waals surface area contributed by atoms with Crippen molar-refractivity contribution in [2.45, 2.75) is 6.54 Å². The van der Waals surface area contributed by atoms with Gasteiger partial charge >= 0.3 is 0 Å². The third-order valence-electron chi connectivity index (χ3n) is 4.83. The number of aromatic nitrogens is 2. The fourth-order valence-corrected chi connectivity index (χ4v) is 4.23. The van der Waals surface area contributed by atoms with Gasteiger partial charge < -0.3 is 19.2 Å². The molecular weight excluding hydrogens is 406 g/mol. The summed E-state index contributed by atoms with van der Waals surface area (Å²) in [6.45, 7) is 1.46. The molecular formula is C21H20BrN3O2. The average Bonchev–Trinajstić information content (AvgIpc) is 3.19. The second kappa shape index (κ2) is 7.21. The largest absolute Gasteiger partial charge is 0.383 e. The van der Waals surface area contributed by atoms with Crippen molar-refractivity contribution in [1.29, 1.82) is 0 Å². The molecule has 138 valence electrons. The fraction of sp³-hybridized carbons (Fsp3) is 0.190. The van der Waals surface area contributed by atoms with Crippen LogP contribution in [0.2, 0.25) is 0 Å². The highest BCUT2D eigenvalue weighted by molar-refractivity contribution is 9.10. The van der Waals surface area contributed by atoms with Gasteiger partial charge in [0.1, 0.15) is 5.69 Å². The number of anilines is 1. The molecule has 0 radical (unpaired) electrons. The number of halogens is 1. The first-order valence-corrected chi connectivity index (χ1v) is 9.51. The van der Waals surface area contributed by atoms with Gasteiger partial charge in [-0.2, -0.15) is 0 Å². The van der Waals surface area contributed by atoms with Crippen molar-refractivity contribution < 1.29 is 9.53 Å². The van der Waals surface area contributed by atoms with Gasteiger partial charge in [-0.3, -0.25) is 4.79 Å². The molecule has 0 saturated heterocycles. The van der Waals surface area contributed by atoms with Crippen LogP contribution >= 0.6 is 15.9 Å². The van der Waals surface area contributed by atoms with Crippen molar-refractivity contribution in [3.05, 3.63) is 64.9 Å². The van der Waals surface area contributed by atoms with E-state index >= 15 is 0 Å². The van der Waals surface area contributed by atoms with Crippen LogP contribution in [0.15, 0.2) is 59.2 Å². The number of fused-ring (bicyclic) bond motifs is 2. The number of hydrogen-bond donors (Lipinski definition) is 1. The van der Waals surface area contributed by atoms with Crippen molar-refractivity contribution in [3.63, 3.8) is 0 Å². The number of ether oxygens (including phenoxy) is 1. The standard InChI is InChI=1S/C21H20BrN3O2/c1-24-18-6-4-3-5-16(18)19(22)20(24)21(26)23-15-7-8-17-14(13-15)9-10-25(17)11-12-27-2/h3-10,13H,11-12H2,1-2H3,(H,23,26). The first-order chi connectivity index (χ1) is 13.1. The highest BCUT2D eigenvalue weighted by Crippen LogP contribution is 2.31. The summed E-state index contributed by atoms with van der Waals surface area (Å²) < 4.78 is 10.0. The lowest BCUT2D eigenvalue weighted by atomic mass is 10.2. The predicted octanol–water partition coefficient (Wildman–Crippen LogP) is 4.79. The van der Waals surface area contributed by atoms with Gasteiger partial charge in [0.05, 0.1) is 11.1 Å². The average molecular weight is 426 g/mol. The lowest BCUT2D eigenvalue weighted by Crippen LogP contribution is -2.16. The predicted molar refractivity (Wildman–Crippen MR) is 112 cm³/mol. The molecule has 2 aromatic carbocycles.